The fourth-order valence-electron chi connectivity index (χ4n) is 2.07. The molecule has 0 atom stereocenters. The monoisotopic (exact) mass is 225 g/mol. The summed E-state index contributed by atoms with van der Waals surface area (Å²) in [6.07, 6.45) is 3.30. The van der Waals surface area contributed by atoms with Crippen molar-refractivity contribution in [2.75, 3.05) is 0 Å². The van der Waals surface area contributed by atoms with E-state index >= 15 is 0 Å². The van der Waals surface area contributed by atoms with Crippen molar-refractivity contribution in [3.05, 3.63) is 58.7 Å². The van der Waals surface area contributed by atoms with Gasteiger partial charge in [0.2, 0.25) is 0 Å². The quantitative estimate of drug-likeness (QED) is 0.691. The van der Waals surface area contributed by atoms with Gasteiger partial charge in [0.05, 0.1) is 6.26 Å². The Morgan fingerprint density at radius 2 is 2.12 bits per heavy atom. The molecule has 2 aromatic heterocycles. The molecule has 1 N–H and O–H groups in total. The van der Waals surface area contributed by atoms with Crippen LogP contribution in [-0.2, 0) is 0 Å². The Kier molecular flexibility index (Phi) is 2.11. The van der Waals surface area contributed by atoms with Gasteiger partial charge in [0.25, 0.3) is 5.56 Å². The topological polar surface area (TPSA) is 46.0 Å². The summed E-state index contributed by atoms with van der Waals surface area (Å²) < 4.78 is 5.38. The first kappa shape index (κ1) is 9.90. The molecule has 0 aliphatic heterocycles. The third kappa shape index (κ3) is 1.56. The maximum Gasteiger partial charge on any atom is 0.255 e. The Hall–Kier alpha value is -2.29. The summed E-state index contributed by atoms with van der Waals surface area (Å²) in [4.78, 5) is 14.4. The maximum absolute atomic E-state index is 11.7. The fourth-order valence-corrected chi connectivity index (χ4v) is 2.07. The minimum Gasteiger partial charge on any atom is -0.464 e. The van der Waals surface area contributed by atoms with Crippen LogP contribution in [0.15, 0.2) is 52.0 Å². The van der Waals surface area contributed by atoms with E-state index in [2.05, 4.69) is 4.98 Å². The molecule has 17 heavy (non-hydrogen) atoms. The van der Waals surface area contributed by atoms with Crippen molar-refractivity contribution in [3.8, 4) is 11.1 Å². The van der Waals surface area contributed by atoms with Gasteiger partial charge in [0.1, 0.15) is 5.58 Å². The van der Waals surface area contributed by atoms with Crippen molar-refractivity contribution in [2.24, 2.45) is 0 Å². The lowest BCUT2D eigenvalue weighted by Crippen LogP contribution is -2.06. The third-order valence-corrected chi connectivity index (χ3v) is 2.87. The summed E-state index contributed by atoms with van der Waals surface area (Å²) in [7, 11) is 0. The Bertz CT molecular complexity index is 737. The van der Waals surface area contributed by atoms with Crippen molar-refractivity contribution >= 4 is 11.0 Å². The average Bonchev–Trinajstić information content (AvgIpc) is 2.78. The van der Waals surface area contributed by atoms with Gasteiger partial charge in [-0.25, -0.2) is 0 Å². The Balaban J connectivity index is 2.31. The van der Waals surface area contributed by atoms with Gasteiger partial charge < -0.3 is 9.40 Å². The van der Waals surface area contributed by atoms with Crippen LogP contribution in [0, 0.1) is 6.92 Å². The third-order valence-electron chi connectivity index (χ3n) is 2.87. The number of hydrogen-bond acceptors (Lipinski definition) is 2. The maximum atomic E-state index is 11.7. The van der Waals surface area contributed by atoms with Gasteiger partial charge in [-0.1, -0.05) is 0 Å². The van der Waals surface area contributed by atoms with Gasteiger partial charge in [-0.15, -0.1) is 0 Å². The number of benzene rings is 1. The van der Waals surface area contributed by atoms with E-state index in [4.69, 9.17) is 4.42 Å². The Morgan fingerprint density at radius 1 is 1.24 bits per heavy atom. The molecule has 0 aliphatic carbocycles. The summed E-state index contributed by atoms with van der Waals surface area (Å²) in [6.45, 7) is 1.98. The van der Waals surface area contributed by atoms with Crippen LogP contribution in [0.5, 0.6) is 0 Å². The van der Waals surface area contributed by atoms with Gasteiger partial charge >= 0.3 is 0 Å². The lowest BCUT2D eigenvalue weighted by atomic mass is 10.0. The summed E-state index contributed by atoms with van der Waals surface area (Å²) >= 11 is 0. The van der Waals surface area contributed by atoms with Gasteiger partial charge in [0.15, 0.2) is 0 Å². The second-order valence-corrected chi connectivity index (χ2v) is 4.05. The second-order valence-electron chi connectivity index (χ2n) is 4.05. The standard InChI is InChI=1S/C14H11NO2/c1-9-7-11(8-10-4-6-17-13(9)10)12-3-2-5-15-14(12)16/h2-8H,1H3,(H,15,16). The lowest BCUT2D eigenvalue weighted by molar-refractivity contribution is 0.613. The van der Waals surface area contributed by atoms with E-state index in [1.54, 1.807) is 12.5 Å². The molecule has 84 valence electrons. The van der Waals surface area contributed by atoms with Crippen molar-refractivity contribution in [1.82, 2.24) is 4.98 Å². The zero-order valence-corrected chi connectivity index (χ0v) is 9.36. The summed E-state index contributed by atoms with van der Waals surface area (Å²) in [6, 6.07) is 9.49. The molecule has 3 aromatic rings. The normalized spacial score (nSPS) is 10.9. The minimum atomic E-state index is -0.0743. The van der Waals surface area contributed by atoms with Crippen LogP contribution < -0.4 is 5.56 Å². The van der Waals surface area contributed by atoms with E-state index in [1.165, 1.54) is 0 Å². The number of fused-ring (bicyclic) bond motifs is 1. The number of aromatic nitrogens is 1. The Morgan fingerprint density at radius 3 is 2.94 bits per heavy atom. The predicted molar refractivity (Wildman–Crippen MR) is 67.0 cm³/mol. The molecule has 0 saturated heterocycles. The number of H-pyrrole nitrogens is 1. The molecule has 0 spiro atoms. The van der Waals surface area contributed by atoms with Crippen LogP contribution in [0.1, 0.15) is 5.56 Å². The number of aromatic amines is 1. The van der Waals surface area contributed by atoms with Crippen LogP contribution in [0.4, 0.5) is 0 Å². The molecule has 0 unspecified atom stereocenters. The summed E-state index contributed by atoms with van der Waals surface area (Å²) in [5, 5.41) is 1.02. The highest BCUT2D eigenvalue weighted by molar-refractivity contribution is 5.86. The van der Waals surface area contributed by atoms with Gasteiger partial charge in [-0.3, -0.25) is 4.79 Å². The number of aryl methyl sites for hydroxylation is 1. The van der Waals surface area contributed by atoms with Gasteiger partial charge in [-0.2, -0.15) is 0 Å². The van der Waals surface area contributed by atoms with E-state index in [-0.39, 0.29) is 5.56 Å². The summed E-state index contributed by atoms with van der Waals surface area (Å²) in [5.41, 5.74) is 3.43. The van der Waals surface area contributed by atoms with Crippen LogP contribution in [-0.4, -0.2) is 4.98 Å². The zero-order valence-electron chi connectivity index (χ0n) is 9.36. The van der Waals surface area contributed by atoms with Crippen LogP contribution in [0.25, 0.3) is 22.1 Å². The minimum absolute atomic E-state index is 0.0743. The summed E-state index contributed by atoms with van der Waals surface area (Å²) in [5.74, 6) is 0. The van der Waals surface area contributed by atoms with E-state index in [0.29, 0.717) is 5.56 Å². The molecule has 3 nitrogen and oxygen atoms in total. The number of furan rings is 1. The predicted octanol–water partition coefficient (Wildman–Crippen LogP) is 3.10. The second kappa shape index (κ2) is 3.63. The molecule has 3 rings (SSSR count). The van der Waals surface area contributed by atoms with Crippen molar-refractivity contribution in [3.63, 3.8) is 0 Å². The van der Waals surface area contributed by atoms with Gasteiger partial charge in [-0.05, 0) is 48.4 Å². The molecule has 0 saturated carbocycles. The molecule has 0 bridgehead atoms. The lowest BCUT2D eigenvalue weighted by Gasteiger charge is -2.02. The Labute approximate surface area is 97.7 Å². The molecule has 0 radical (unpaired) electrons. The highest BCUT2D eigenvalue weighted by Gasteiger charge is 2.07. The van der Waals surface area contributed by atoms with E-state index < -0.39 is 0 Å². The van der Waals surface area contributed by atoms with Crippen LogP contribution >= 0.6 is 0 Å². The zero-order chi connectivity index (χ0) is 11.8. The first-order chi connectivity index (χ1) is 8.25. The van der Waals surface area contributed by atoms with Crippen molar-refractivity contribution < 1.29 is 4.42 Å². The van der Waals surface area contributed by atoms with Crippen molar-refractivity contribution in [1.29, 1.82) is 0 Å². The number of pyridine rings is 1. The average molecular weight is 225 g/mol. The fraction of sp³-hybridized carbons (Fsp3) is 0.0714. The molecule has 0 amide bonds. The highest BCUT2D eigenvalue weighted by Crippen LogP contribution is 2.26. The van der Waals surface area contributed by atoms with E-state index in [0.717, 1.165) is 22.1 Å². The number of nitrogens with one attached hydrogen (secondary N) is 1. The molecule has 0 aliphatic rings. The smallest absolute Gasteiger partial charge is 0.255 e. The highest BCUT2D eigenvalue weighted by atomic mass is 16.3. The number of rotatable bonds is 1. The van der Waals surface area contributed by atoms with Crippen molar-refractivity contribution in [2.45, 2.75) is 6.92 Å². The van der Waals surface area contributed by atoms with Crippen LogP contribution in [0.3, 0.4) is 0 Å². The first-order valence-corrected chi connectivity index (χ1v) is 5.41. The first-order valence-electron chi connectivity index (χ1n) is 5.41. The number of hydrogen-bond donors (Lipinski definition) is 1. The molecule has 2 heterocycles. The molecule has 1 aromatic carbocycles. The largest absolute Gasteiger partial charge is 0.464 e. The van der Waals surface area contributed by atoms with Gasteiger partial charge in [0, 0.05) is 17.1 Å². The van der Waals surface area contributed by atoms with E-state index in [9.17, 15) is 4.79 Å². The molecule has 0 fully saturated rings. The molecular formula is C14H11NO2. The van der Waals surface area contributed by atoms with E-state index in [1.807, 2.05) is 37.3 Å². The molecule has 3 heteroatoms. The SMILES string of the molecule is Cc1cc(-c2ccc[nH]c2=O)cc2ccoc12. The molecular weight excluding hydrogens is 214 g/mol. The van der Waals surface area contributed by atoms with Crippen LogP contribution in [0.2, 0.25) is 0 Å².